The molecular formula is C14H24IN3O3. The topological polar surface area (TPSA) is 64.1 Å². The van der Waals surface area contributed by atoms with Crippen molar-refractivity contribution in [2.75, 3.05) is 41.5 Å². The van der Waals surface area contributed by atoms with E-state index in [0.29, 0.717) is 31.4 Å². The Morgan fingerprint density at radius 2 is 1.90 bits per heavy atom. The standard InChI is InChI=1S/C14H23N3O3.HI/c1-15-14(16-8-9-18-2)17-10-11-6-5-7-12(19-3)13(11)20-4;/h5-7H,8-10H2,1-4H3,(H2,15,16,17);1H. The van der Waals surface area contributed by atoms with Crippen molar-refractivity contribution >= 4 is 29.9 Å². The van der Waals surface area contributed by atoms with Gasteiger partial charge in [-0.3, -0.25) is 4.99 Å². The highest BCUT2D eigenvalue weighted by Gasteiger charge is 2.09. The molecule has 2 N–H and O–H groups in total. The molecule has 0 radical (unpaired) electrons. The number of ether oxygens (including phenoxy) is 3. The third-order valence-electron chi connectivity index (χ3n) is 2.75. The summed E-state index contributed by atoms with van der Waals surface area (Å²) in [6.07, 6.45) is 0. The van der Waals surface area contributed by atoms with Crippen molar-refractivity contribution in [3.63, 3.8) is 0 Å². The molecule has 0 aliphatic heterocycles. The molecule has 0 aliphatic carbocycles. The maximum Gasteiger partial charge on any atom is 0.191 e. The van der Waals surface area contributed by atoms with E-state index in [1.807, 2.05) is 18.2 Å². The van der Waals surface area contributed by atoms with Crippen LogP contribution < -0.4 is 20.1 Å². The predicted molar refractivity (Wildman–Crippen MR) is 95.0 cm³/mol. The fourth-order valence-corrected chi connectivity index (χ4v) is 1.76. The Kier molecular flexibility index (Phi) is 10.8. The third kappa shape index (κ3) is 6.38. The van der Waals surface area contributed by atoms with Crippen LogP contribution in [0.1, 0.15) is 5.56 Å². The molecule has 7 heteroatoms. The molecule has 0 aliphatic rings. The molecule has 0 saturated heterocycles. The molecular weight excluding hydrogens is 385 g/mol. The number of halogens is 1. The summed E-state index contributed by atoms with van der Waals surface area (Å²) in [4.78, 5) is 4.14. The summed E-state index contributed by atoms with van der Waals surface area (Å²) < 4.78 is 15.6. The molecule has 0 bridgehead atoms. The average molecular weight is 409 g/mol. The Morgan fingerprint density at radius 3 is 2.48 bits per heavy atom. The van der Waals surface area contributed by atoms with Gasteiger partial charge in [0.1, 0.15) is 0 Å². The third-order valence-corrected chi connectivity index (χ3v) is 2.75. The number of nitrogens with one attached hydrogen (secondary N) is 2. The SMILES string of the molecule is CN=C(NCCOC)NCc1cccc(OC)c1OC.I. The number of aliphatic imine (C=N–C) groups is 1. The summed E-state index contributed by atoms with van der Waals surface area (Å²) in [7, 11) is 6.65. The van der Waals surface area contributed by atoms with Gasteiger partial charge in [-0.25, -0.2) is 0 Å². The minimum Gasteiger partial charge on any atom is -0.493 e. The lowest BCUT2D eigenvalue weighted by atomic mass is 10.2. The Balaban J connectivity index is 0.00000400. The molecule has 0 saturated carbocycles. The van der Waals surface area contributed by atoms with Gasteiger partial charge in [-0.1, -0.05) is 12.1 Å². The van der Waals surface area contributed by atoms with Gasteiger partial charge in [-0.2, -0.15) is 0 Å². The van der Waals surface area contributed by atoms with Gasteiger partial charge in [0.15, 0.2) is 17.5 Å². The minimum atomic E-state index is 0. The van der Waals surface area contributed by atoms with Crippen LogP contribution in [-0.2, 0) is 11.3 Å². The fourth-order valence-electron chi connectivity index (χ4n) is 1.76. The van der Waals surface area contributed by atoms with Crippen LogP contribution in [0.4, 0.5) is 0 Å². The first-order valence-electron chi connectivity index (χ1n) is 6.40. The van der Waals surface area contributed by atoms with Gasteiger partial charge in [0.05, 0.1) is 20.8 Å². The first-order chi connectivity index (χ1) is 9.76. The summed E-state index contributed by atoms with van der Waals surface area (Å²) in [5.74, 6) is 2.16. The summed E-state index contributed by atoms with van der Waals surface area (Å²) in [5.41, 5.74) is 1.00. The molecule has 120 valence electrons. The largest absolute Gasteiger partial charge is 0.493 e. The van der Waals surface area contributed by atoms with Crippen molar-refractivity contribution in [1.29, 1.82) is 0 Å². The second-order valence-electron chi connectivity index (χ2n) is 4.00. The fraction of sp³-hybridized carbons (Fsp3) is 0.500. The molecule has 0 fully saturated rings. The zero-order valence-electron chi connectivity index (χ0n) is 12.9. The van der Waals surface area contributed by atoms with Crippen molar-refractivity contribution < 1.29 is 14.2 Å². The molecule has 0 aromatic heterocycles. The number of benzene rings is 1. The minimum absolute atomic E-state index is 0. The highest BCUT2D eigenvalue weighted by molar-refractivity contribution is 14.0. The lowest BCUT2D eigenvalue weighted by Crippen LogP contribution is -2.38. The number of hydrogen-bond donors (Lipinski definition) is 2. The van der Waals surface area contributed by atoms with Gasteiger partial charge in [0, 0.05) is 32.8 Å². The van der Waals surface area contributed by atoms with Crippen molar-refractivity contribution in [2.45, 2.75) is 6.54 Å². The zero-order chi connectivity index (χ0) is 14.8. The van der Waals surface area contributed by atoms with Crippen LogP contribution in [0.15, 0.2) is 23.2 Å². The van der Waals surface area contributed by atoms with Crippen LogP contribution in [0.3, 0.4) is 0 Å². The van der Waals surface area contributed by atoms with Crippen LogP contribution in [0.25, 0.3) is 0 Å². The van der Waals surface area contributed by atoms with Gasteiger partial charge in [-0.05, 0) is 6.07 Å². The predicted octanol–water partition coefficient (Wildman–Crippen LogP) is 1.63. The molecule has 1 rings (SSSR count). The Bertz CT molecular complexity index is 441. The molecule has 0 heterocycles. The second-order valence-corrected chi connectivity index (χ2v) is 4.00. The van der Waals surface area contributed by atoms with Gasteiger partial charge >= 0.3 is 0 Å². The highest BCUT2D eigenvalue weighted by Crippen LogP contribution is 2.30. The van der Waals surface area contributed by atoms with Gasteiger partial charge in [-0.15, -0.1) is 24.0 Å². The lowest BCUT2D eigenvalue weighted by molar-refractivity contribution is 0.203. The van der Waals surface area contributed by atoms with E-state index in [4.69, 9.17) is 14.2 Å². The molecule has 1 aromatic carbocycles. The monoisotopic (exact) mass is 409 g/mol. The van der Waals surface area contributed by atoms with E-state index in [0.717, 1.165) is 11.3 Å². The number of methoxy groups -OCH3 is 3. The lowest BCUT2D eigenvalue weighted by Gasteiger charge is -2.15. The van der Waals surface area contributed by atoms with Crippen molar-refractivity contribution in [3.8, 4) is 11.5 Å². The van der Waals surface area contributed by atoms with Crippen LogP contribution >= 0.6 is 24.0 Å². The maximum atomic E-state index is 5.39. The van der Waals surface area contributed by atoms with Crippen molar-refractivity contribution in [3.05, 3.63) is 23.8 Å². The number of hydrogen-bond acceptors (Lipinski definition) is 4. The number of para-hydroxylation sites is 1. The maximum absolute atomic E-state index is 5.39. The summed E-state index contributed by atoms with van der Waals surface area (Å²) in [6, 6.07) is 5.78. The number of rotatable bonds is 7. The number of nitrogens with zero attached hydrogens (tertiary/aromatic N) is 1. The Hall–Kier alpha value is -1.22. The quantitative estimate of drug-likeness (QED) is 0.310. The molecule has 0 spiro atoms. The van der Waals surface area contributed by atoms with E-state index >= 15 is 0 Å². The normalized spacial score (nSPS) is 10.6. The van der Waals surface area contributed by atoms with Crippen molar-refractivity contribution in [2.24, 2.45) is 4.99 Å². The molecule has 6 nitrogen and oxygen atoms in total. The van der Waals surface area contributed by atoms with Crippen LogP contribution in [0.2, 0.25) is 0 Å². The molecule has 21 heavy (non-hydrogen) atoms. The van der Waals surface area contributed by atoms with Crippen molar-refractivity contribution in [1.82, 2.24) is 10.6 Å². The van der Waals surface area contributed by atoms with E-state index in [1.54, 1.807) is 28.4 Å². The highest BCUT2D eigenvalue weighted by atomic mass is 127. The van der Waals surface area contributed by atoms with Crippen LogP contribution in [0.5, 0.6) is 11.5 Å². The van der Waals surface area contributed by atoms with Crippen LogP contribution in [-0.4, -0.2) is 47.5 Å². The van der Waals surface area contributed by atoms with E-state index in [9.17, 15) is 0 Å². The Morgan fingerprint density at radius 1 is 1.14 bits per heavy atom. The molecule has 0 amide bonds. The number of guanidine groups is 1. The summed E-state index contributed by atoms with van der Waals surface area (Å²) in [5, 5.41) is 6.37. The first-order valence-corrected chi connectivity index (χ1v) is 6.40. The van der Waals surface area contributed by atoms with E-state index in [2.05, 4.69) is 15.6 Å². The second kappa shape index (κ2) is 11.4. The molecule has 0 unspecified atom stereocenters. The smallest absolute Gasteiger partial charge is 0.191 e. The molecule has 1 aromatic rings. The zero-order valence-corrected chi connectivity index (χ0v) is 15.3. The van der Waals surface area contributed by atoms with Crippen LogP contribution in [0, 0.1) is 0 Å². The van der Waals surface area contributed by atoms with E-state index < -0.39 is 0 Å². The van der Waals surface area contributed by atoms with E-state index in [1.165, 1.54) is 0 Å². The van der Waals surface area contributed by atoms with Gasteiger partial charge < -0.3 is 24.8 Å². The molecule has 0 atom stereocenters. The summed E-state index contributed by atoms with van der Waals surface area (Å²) in [6.45, 7) is 1.92. The van der Waals surface area contributed by atoms with Gasteiger partial charge in [0.25, 0.3) is 0 Å². The Labute approximate surface area is 143 Å². The first kappa shape index (κ1) is 19.8. The van der Waals surface area contributed by atoms with E-state index in [-0.39, 0.29) is 24.0 Å². The summed E-state index contributed by atoms with van der Waals surface area (Å²) >= 11 is 0. The van der Waals surface area contributed by atoms with Gasteiger partial charge in [0.2, 0.25) is 0 Å². The average Bonchev–Trinajstić information content (AvgIpc) is 2.50.